The number of carbonyl (C=O) groups excluding carboxylic acids is 1. The minimum Gasteiger partial charge on any atom is -0.478 e. The molecule has 0 aromatic heterocycles. The first-order chi connectivity index (χ1) is 10.8. The lowest BCUT2D eigenvalue weighted by Gasteiger charge is -2.09. The van der Waals surface area contributed by atoms with Crippen LogP contribution in [0, 0.1) is 5.82 Å². The van der Waals surface area contributed by atoms with Gasteiger partial charge in [-0.3, -0.25) is 4.79 Å². The second-order valence-electron chi connectivity index (χ2n) is 4.61. The van der Waals surface area contributed by atoms with Gasteiger partial charge in [-0.2, -0.15) is 0 Å². The zero-order valence-electron chi connectivity index (χ0n) is 11.7. The van der Waals surface area contributed by atoms with E-state index in [1.165, 1.54) is 24.3 Å². The average Bonchev–Trinajstić information content (AvgIpc) is 2.47. The Bertz CT molecular complexity index is 846. The molecule has 2 aromatic carbocycles. The Morgan fingerprint density at radius 1 is 1.04 bits per heavy atom. The predicted octanol–water partition coefficient (Wildman–Crippen LogP) is 1.94. The summed E-state index contributed by atoms with van der Waals surface area (Å²) in [5, 5.41) is 11.3. The summed E-state index contributed by atoms with van der Waals surface area (Å²) in [5.74, 6) is -3.61. The minimum atomic E-state index is -3.96. The van der Waals surface area contributed by atoms with E-state index in [-0.39, 0.29) is 16.1 Å². The Morgan fingerprint density at radius 3 is 2.26 bits per heavy atom. The van der Waals surface area contributed by atoms with Crippen LogP contribution >= 0.6 is 0 Å². The number of nitrogens with one attached hydrogen (secondary N) is 1. The molecular formula is C15H12FNO5S. The van der Waals surface area contributed by atoms with Gasteiger partial charge in [0.25, 0.3) is 0 Å². The summed E-state index contributed by atoms with van der Waals surface area (Å²) in [6, 6.07) is 9.70. The summed E-state index contributed by atoms with van der Waals surface area (Å²) in [4.78, 5) is 22.7. The fourth-order valence-corrected chi connectivity index (χ4v) is 3.00. The van der Waals surface area contributed by atoms with E-state index in [9.17, 15) is 22.4 Å². The lowest BCUT2D eigenvalue weighted by Crippen LogP contribution is -2.24. The zero-order chi connectivity index (χ0) is 17.0. The monoisotopic (exact) mass is 337 g/mol. The molecule has 2 N–H and O–H groups in total. The number of carbonyl (C=O) groups is 2. The number of halogens is 1. The van der Waals surface area contributed by atoms with Crippen molar-refractivity contribution in [2.24, 2.45) is 0 Å². The van der Waals surface area contributed by atoms with Gasteiger partial charge in [-0.25, -0.2) is 17.6 Å². The highest BCUT2D eigenvalue weighted by Gasteiger charge is 2.20. The molecule has 23 heavy (non-hydrogen) atoms. The Balaban J connectivity index is 2.16. The molecule has 0 saturated heterocycles. The van der Waals surface area contributed by atoms with Gasteiger partial charge in [0.15, 0.2) is 9.84 Å². The molecule has 0 aliphatic heterocycles. The number of amides is 1. The van der Waals surface area contributed by atoms with E-state index < -0.39 is 33.3 Å². The van der Waals surface area contributed by atoms with Crippen LogP contribution in [0.1, 0.15) is 10.4 Å². The standard InChI is InChI=1S/C15H12FNO5S/c16-10-5-7-11(8-6-10)23(21,22)9-14(18)17-13-4-2-1-3-12(13)15(19)20/h1-8H,9H2,(H,17,18)(H,19,20). The van der Waals surface area contributed by atoms with Gasteiger partial charge in [-0.1, -0.05) is 12.1 Å². The normalized spacial score (nSPS) is 11.0. The topological polar surface area (TPSA) is 101 Å². The highest BCUT2D eigenvalue weighted by atomic mass is 32.2. The number of carboxylic acids is 1. The smallest absolute Gasteiger partial charge is 0.337 e. The Labute approximate surface area is 131 Å². The van der Waals surface area contributed by atoms with Crippen LogP contribution in [0.2, 0.25) is 0 Å². The molecule has 0 aliphatic carbocycles. The number of benzene rings is 2. The van der Waals surface area contributed by atoms with Crippen LogP contribution in [-0.2, 0) is 14.6 Å². The molecule has 2 rings (SSSR count). The predicted molar refractivity (Wildman–Crippen MR) is 80.5 cm³/mol. The number of carboxylic acid groups (broad SMARTS) is 1. The number of anilines is 1. The summed E-state index contributed by atoms with van der Waals surface area (Å²) >= 11 is 0. The van der Waals surface area contributed by atoms with Gasteiger partial charge in [-0.05, 0) is 36.4 Å². The van der Waals surface area contributed by atoms with Crippen molar-refractivity contribution in [3.63, 3.8) is 0 Å². The number of aromatic carboxylic acids is 1. The van der Waals surface area contributed by atoms with Crippen molar-refractivity contribution in [3.05, 3.63) is 59.9 Å². The quantitative estimate of drug-likeness (QED) is 0.812. The number of rotatable bonds is 5. The largest absolute Gasteiger partial charge is 0.478 e. The maximum absolute atomic E-state index is 12.8. The van der Waals surface area contributed by atoms with E-state index in [1.54, 1.807) is 0 Å². The molecule has 0 heterocycles. The average molecular weight is 337 g/mol. The van der Waals surface area contributed by atoms with E-state index in [1.807, 2.05) is 0 Å². The van der Waals surface area contributed by atoms with Gasteiger partial charge in [0.1, 0.15) is 11.6 Å². The van der Waals surface area contributed by atoms with Crippen LogP contribution in [0.4, 0.5) is 10.1 Å². The molecular weight excluding hydrogens is 325 g/mol. The van der Waals surface area contributed by atoms with Gasteiger partial charge in [-0.15, -0.1) is 0 Å². The maximum atomic E-state index is 12.8. The van der Waals surface area contributed by atoms with Gasteiger partial charge in [0.2, 0.25) is 5.91 Å². The van der Waals surface area contributed by atoms with Crippen molar-refractivity contribution in [2.75, 3.05) is 11.1 Å². The fraction of sp³-hybridized carbons (Fsp3) is 0.0667. The van der Waals surface area contributed by atoms with Crippen molar-refractivity contribution in [3.8, 4) is 0 Å². The highest BCUT2D eigenvalue weighted by Crippen LogP contribution is 2.16. The van der Waals surface area contributed by atoms with Crippen LogP contribution in [0.5, 0.6) is 0 Å². The molecule has 0 atom stereocenters. The Kier molecular flexibility index (Phi) is 4.75. The summed E-state index contributed by atoms with van der Waals surface area (Å²) in [5.41, 5.74) is -0.153. The Hall–Kier alpha value is -2.74. The molecule has 0 spiro atoms. The molecule has 0 radical (unpaired) electrons. The first kappa shape index (κ1) is 16.6. The molecule has 0 bridgehead atoms. The number of sulfone groups is 1. The lowest BCUT2D eigenvalue weighted by atomic mass is 10.2. The van der Waals surface area contributed by atoms with Crippen molar-refractivity contribution < 1.29 is 27.5 Å². The summed E-state index contributed by atoms with van der Waals surface area (Å²) < 4.78 is 36.9. The zero-order valence-corrected chi connectivity index (χ0v) is 12.5. The molecule has 1 amide bonds. The third-order valence-corrected chi connectivity index (χ3v) is 4.56. The molecule has 0 aliphatic rings. The maximum Gasteiger partial charge on any atom is 0.337 e. The van der Waals surface area contributed by atoms with Crippen LogP contribution in [-0.4, -0.2) is 31.2 Å². The molecule has 0 unspecified atom stereocenters. The van der Waals surface area contributed by atoms with Crippen LogP contribution in [0.3, 0.4) is 0 Å². The summed E-state index contributed by atoms with van der Waals surface area (Å²) in [6.45, 7) is 0. The first-order valence-corrected chi connectivity index (χ1v) is 8.05. The molecule has 8 heteroatoms. The van der Waals surface area contributed by atoms with Crippen molar-refractivity contribution >= 4 is 27.4 Å². The fourth-order valence-electron chi connectivity index (χ4n) is 1.86. The Morgan fingerprint density at radius 2 is 1.65 bits per heavy atom. The van der Waals surface area contributed by atoms with Crippen molar-refractivity contribution in [1.29, 1.82) is 0 Å². The second kappa shape index (κ2) is 6.57. The van der Waals surface area contributed by atoms with Crippen LogP contribution < -0.4 is 5.32 Å². The van der Waals surface area contributed by atoms with Crippen LogP contribution in [0.15, 0.2) is 53.4 Å². The van der Waals surface area contributed by atoms with E-state index in [0.29, 0.717) is 0 Å². The van der Waals surface area contributed by atoms with Gasteiger partial charge < -0.3 is 10.4 Å². The van der Waals surface area contributed by atoms with E-state index >= 15 is 0 Å². The SMILES string of the molecule is O=C(CS(=O)(=O)c1ccc(F)cc1)Nc1ccccc1C(=O)O. The lowest BCUT2D eigenvalue weighted by molar-refractivity contribution is -0.113. The summed E-state index contributed by atoms with van der Waals surface area (Å²) in [7, 11) is -3.96. The number of para-hydroxylation sites is 1. The summed E-state index contributed by atoms with van der Waals surface area (Å²) in [6.07, 6.45) is 0. The van der Waals surface area contributed by atoms with Gasteiger partial charge in [0.05, 0.1) is 16.1 Å². The van der Waals surface area contributed by atoms with E-state index in [0.717, 1.165) is 24.3 Å². The highest BCUT2D eigenvalue weighted by molar-refractivity contribution is 7.92. The minimum absolute atomic E-state index is 0.000642. The van der Waals surface area contributed by atoms with Crippen LogP contribution in [0.25, 0.3) is 0 Å². The third-order valence-electron chi connectivity index (χ3n) is 2.93. The van der Waals surface area contributed by atoms with Crippen molar-refractivity contribution in [1.82, 2.24) is 0 Å². The van der Waals surface area contributed by atoms with E-state index in [4.69, 9.17) is 5.11 Å². The number of hydrogen-bond donors (Lipinski definition) is 2. The molecule has 0 saturated carbocycles. The third kappa shape index (κ3) is 4.13. The van der Waals surface area contributed by atoms with Gasteiger partial charge >= 0.3 is 5.97 Å². The molecule has 0 fully saturated rings. The molecule has 2 aromatic rings. The molecule has 6 nitrogen and oxygen atoms in total. The molecule has 120 valence electrons. The second-order valence-corrected chi connectivity index (χ2v) is 6.60. The number of hydrogen-bond acceptors (Lipinski definition) is 4. The van der Waals surface area contributed by atoms with E-state index in [2.05, 4.69) is 5.32 Å². The van der Waals surface area contributed by atoms with Gasteiger partial charge in [0, 0.05) is 0 Å². The first-order valence-electron chi connectivity index (χ1n) is 6.40. The van der Waals surface area contributed by atoms with Crippen molar-refractivity contribution in [2.45, 2.75) is 4.90 Å².